The SMILES string of the molecule is COc1ccccc1NC(=O)[C@@H](C(C)=O)C(c1cccc([N+](=O)[O-])c1)[C@@H](C(C)=O)C(=O)Nc1ccccc1OC. The highest BCUT2D eigenvalue weighted by Gasteiger charge is 2.44. The maximum atomic E-state index is 13.7. The number of carbonyl (C=O) groups is 4. The molecule has 0 aromatic heterocycles. The molecule has 0 fully saturated rings. The van der Waals surface area contributed by atoms with Gasteiger partial charge in [0.1, 0.15) is 34.9 Å². The molecule has 0 heterocycles. The van der Waals surface area contributed by atoms with Crippen molar-refractivity contribution in [2.24, 2.45) is 11.8 Å². The number of nitrogens with one attached hydrogen (secondary N) is 2. The summed E-state index contributed by atoms with van der Waals surface area (Å²) < 4.78 is 10.6. The highest BCUT2D eigenvalue weighted by molar-refractivity contribution is 6.12. The van der Waals surface area contributed by atoms with E-state index in [1.165, 1.54) is 32.4 Å². The standard InChI is InChI=1S/C29H29N3O8/c1-17(33)25(28(35)30-21-12-5-7-14-23(21)39-3)27(19-10-9-11-20(16-19)32(37)38)26(18(2)34)29(36)31-22-13-6-8-15-24(22)40-4/h5-16,25-27H,1-4H3,(H,30,35)(H,31,36)/t25-,26+,27?. The van der Waals surface area contributed by atoms with Gasteiger partial charge in [0.2, 0.25) is 11.8 Å². The van der Waals surface area contributed by atoms with Crippen LogP contribution in [0.5, 0.6) is 11.5 Å². The minimum atomic E-state index is -1.58. The smallest absolute Gasteiger partial charge is 0.269 e. The van der Waals surface area contributed by atoms with Gasteiger partial charge in [-0.25, -0.2) is 0 Å². The maximum absolute atomic E-state index is 13.7. The van der Waals surface area contributed by atoms with Gasteiger partial charge in [-0.15, -0.1) is 0 Å². The normalized spacial score (nSPS) is 12.8. The minimum Gasteiger partial charge on any atom is -0.495 e. The number of nitrogens with zero attached hydrogens (tertiary/aromatic N) is 1. The van der Waals surface area contributed by atoms with Gasteiger partial charge in [-0.3, -0.25) is 29.3 Å². The van der Waals surface area contributed by atoms with Gasteiger partial charge in [0.15, 0.2) is 0 Å². The number of ether oxygens (including phenoxy) is 2. The van der Waals surface area contributed by atoms with Crippen molar-refractivity contribution in [3.63, 3.8) is 0 Å². The Bertz CT molecular complexity index is 1360. The van der Waals surface area contributed by atoms with Crippen LogP contribution in [0.1, 0.15) is 25.3 Å². The Morgan fingerprint density at radius 2 is 1.18 bits per heavy atom. The molecule has 0 bridgehead atoms. The van der Waals surface area contributed by atoms with Gasteiger partial charge in [-0.05, 0) is 43.7 Å². The molecule has 0 aliphatic rings. The monoisotopic (exact) mass is 547 g/mol. The molecule has 0 spiro atoms. The van der Waals surface area contributed by atoms with E-state index >= 15 is 0 Å². The van der Waals surface area contributed by atoms with Gasteiger partial charge in [-0.2, -0.15) is 0 Å². The zero-order chi connectivity index (χ0) is 29.4. The van der Waals surface area contributed by atoms with Gasteiger partial charge in [0, 0.05) is 18.1 Å². The molecule has 3 aromatic rings. The average molecular weight is 548 g/mol. The number of hydrogen-bond acceptors (Lipinski definition) is 8. The first-order valence-electron chi connectivity index (χ1n) is 12.2. The summed E-state index contributed by atoms with van der Waals surface area (Å²) in [5.74, 6) is -6.84. The highest BCUT2D eigenvalue weighted by Crippen LogP contribution is 2.38. The van der Waals surface area contributed by atoms with Crippen LogP contribution in [-0.2, 0) is 19.2 Å². The van der Waals surface area contributed by atoms with E-state index in [1.54, 1.807) is 48.5 Å². The maximum Gasteiger partial charge on any atom is 0.269 e. The first-order chi connectivity index (χ1) is 19.1. The van der Waals surface area contributed by atoms with Crippen LogP contribution in [0, 0.1) is 22.0 Å². The molecule has 2 amide bonds. The molecular weight excluding hydrogens is 518 g/mol. The van der Waals surface area contributed by atoms with Crippen molar-refractivity contribution in [3.05, 3.63) is 88.5 Å². The van der Waals surface area contributed by atoms with Crippen molar-refractivity contribution in [2.45, 2.75) is 19.8 Å². The molecule has 40 heavy (non-hydrogen) atoms. The number of nitro benzene ring substituents is 1. The molecule has 2 N–H and O–H groups in total. The van der Waals surface area contributed by atoms with Crippen molar-refractivity contribution in [2.75, 3.05) is 24.9 Å². The Morgan fingerprint density at radius 1 is 0.725 bits per heavy atom. The van der Waals surface area contributed by atoms with Gasteiger partial charge in [0.25, 0.3) is 5.69 Å². The molecule has 0 saturated carbocycles. The van der Waals surface area contributed by atoms with E-state index in [0.717, 1.165) is 19.9 Å². The van der Waals surface area contributed by atoms with Gasteiger partial charge in [-0.1, -0.05) is 36.4 Å². The average Bonchev–Trinajstić information content (AvgIpc) is 2.92. The number of nitro groups is 1. The van der Waals surface area contributed by atoms with E-state index in [1.807, 2.05) is 0 Å². The quantitative estimate of drug-likeness (QED) is 0.192. The van der Waals surface area contributed by atoms with Crippen LogP contribution in [-0.4, -0.2) is 42.5 Å². The first kappa shape index (κ1) is 29.5. The molecule has 11 nitrogen and oxygen atoms in total. The lowest BCUT2D eigenvalue weighted by molar-refractivity contribution is -0.384. The van der Waals surface area contributed by atoms with E-state index < -0.39 is 46.1 Å². The second-order valence-corrected chi connectivity index (χ2v) is 8.93. The molecule has 3 aromatic carbocycles. The van der Waals surface area contributed by atoms with Gasteiger partial charge >= 0.3 is 0 Å². The van der Waals surface area contributed by atoms with E-state index in [4.69, 9.17) is 9.47 Å². The Balaban J connectivity index is 2.16. The summed E-state index contributed by atoms with van der Waals surface area (Å²) in [7, 11) is 2.82. The third kappa shape index (κ3) is 6.68. The van der Waals surface area contributed by atoms with Crippen molar-refractivity contribution in [1.82, 2.24) is 0 Å². The molecule has 0 radical (unpaired) electrons. The van der Waals surface area contributed by atoms with Crippen LogP contribution in [0.4, 0.5) is 17.1 Å². The number of methoxy groups -OCH3 is 2. The number of rotatable bonds is 12. The Hall–Kier alpha value is -5.06. The molecule has 0 aliphatic carbocycles. The number of non-ortho nitro benzene ring substituents is 1. The number of para-hydroxylation sites is 4. The van der Waals surface area contributed by atoms with Gasteiger partial charge < -0.3 is 20.1 Å². The predicted molar refractivity (Wildman–Crippen MR) is 147 cm³/mol. The molecule has 3 rings (SSSR count). The summed E-state index contributed by atoms with van der Waals surface area (Å²) in [4.78, 5) is 64.4. The van der Waals surface area contributed by atoms with Crippen molar-refractivity contribution < 1.29 is 33.6 Å². The zero-order valence-corrected chi connectivity index (χ0v) is 22.4. The highest BCUT2D eigenvalue weighted by atomic mass is 16.6. The summed E-state index contributed by atoms with van der Waals surface area (Å²) >= 11 is 0. The Kier molecular flexibility index (Phi) is 9.69. The van der Waals surface area contributed by atoms with Crippen molar-refractivity contribution >= 4 is 40.4 Å². The summed E-state index contributed by atoms with van der Waals surface area (Å²) in [5.41, 5.74) is 0.288. The van der Waals surface area contributed by atoms with Crippen molar-refractivity contribution in [1.29, 1.82) is 0 Å². The summed E-state index contributed by atoms with van der Waals surface area (Å²) in [5, 5.41) is 16.9. The fourth-order valence-corrected chi connectivity index (χ4v) is 4.54. The largest absolute Gasteiger partial charge is 0.495 e. The van der Waals surface area contributed by atoms with Crippen LogP contribution < -0.4 is 20.1 Å². The number of Topliss-reactive ketones (excluding diaryl/α,β-unsaturated/α-hetero) is 2. The fourth-order valence-electron chi connectivity index (χ4n) is 4.54. The van der Waals surface area contributed by atoms with E-state index in [0.29, 0.717) is 11.5 Å². The van der Waals surface area contributed by atoms with Crippen LogP contribution in [0.25, 0.3) is 0 Å². The van der Waals surface area contributed by atoms with Crippen LogP contribution in [0.15, 0.2) is 72.8 Å². The lowest BCUT2D eigenvalue weighted by Crippen LogP contribution is -2.43. The Labute approximate surface area is 230 Å². The van der Waals surface area contributed by atoms with Crippen LogP contribution >= 0.6 is 0 Å². The summed E-state index contributed by atoms with van der Waals surface area (Å²) in [6.45, 7) is 2.32. The number of hydrogen-bond donors (Lipinski definition) is 2. The van der Waals surface area contributed by atoms with Gasteiger partial charge in [0.05, 0.1) is 30.5 Å². The lowest BCUT2D eigenvalue weighted by atomic mass is 9.72. The zero-order valence-electron chi connectivity index (χ0n) is 22.4. The third-order valence-electron chi connectivity index (χ3n) is 6.35. The second-order valence-electron chi connectivity index (χ2n) is 8.93. The minimum absolute atomic E-state index is 0.0972. The summed E-state index contributed by atoms with van der Waals surface area (Å²) in [6, 6.07) is 18.2. The number of benzene rings is 3. The van der Waals surface area contributed by atoms with E-state index in [2.05, 4.69) is 10.6 Å². The third-order valence-corrected chi connectivity index (χ3v) is 6.35. The second kappa shape index (κ2) is 13.1. The molecule has 0 aliphatic heterocycles. The molecule has 11 heteroatoms. The molecule has 0 saturated heterocycles. The van der Waals surface area contributed by atoms with Crippen molar-refractivity contribution in [3.8, 4) is 11.5 Å². The fraction of sp³-hybridized carbons (Fsp3) is 0.241. The van der Waals surface area contributed by atoms with E-state index in [9.17, 15) is 29.3 Å². The molecule has 1 unspecified atom stereocenters. The van der Waals surface area contributed by atoms with E-state index in [-0.39, 0.29) is 22.6 Å². The summed E-state index contributed by atoms with van der Waals surface area (Å²) in [6.07, 6.45) is 0. The number of ketones is 2. The van der Waals surface area contributed by atoms with Crippen LogP contribution in [0.2, 0.25) is 0 Å². The number of amides is 2. The Morgan fingerprint density at radius 3 is 1.57 bits per heavy atom. The topological polar surface area (TPSA) is 154 Å². The molecule has 208 valence electrons. The molecular formula is C29H29N3O8. The lowest BCUT2D eigenvalue weighted by Gasteiger charge is -2.30. The molecule has 3 atom stereocenters. The number of anilines is 2. The first-order valence-corrected chi connectivity index (χ1v) is 12.2. The predicted octanol–water partition coefficient (Wildman–Crippen LogP) is 4.38. The van der Waals surface area contributed by atoms with Crippen LogP contribution in [0.3, 0.4) is 0 Å². The number of carbonyl (C=O) groups excluding carboxylic acids is 4.